The lowest BCUT2D eigenvalue weighted by Crippen LogP contribution is -1.99. The highest BCUT2D eigenvalue weighted by atomic mass is 15.3. The van der Waals surface area contributed by atoms with Crippen LogP contribution in [-0.2, 0) is 0 Å². The van der Waals surface area contributed by atoms with E-state index >= 15 is 0 Å². The lowest BCUT2D eigenvalue weighted by molar-refractivity contribution is 0.896. The molecule has 0 aliphatic heterocycles. The van der Waals surface area contributed by atoms with Crippen molar-refractivity contribution in [2.24, 2.45) is 0 Å². The highest BCUT2D eigenvalue weighted by molar-refractivity contribution is 5.25. The van der Waals surface area contributed by atoms with E-state index in [1.807, 2.05) is 13.8 Å². The van der Waals surface area contributed by atoms with E-state index in [1.54, 1.807) is 10.7 Å². The lowest BCUT2D eigenvalue weighted by Gasteiger charge is -1.96. The molecule has 2 aromatic rings. The fraction of sp³-hybridized carbons (Fsp3) is 0.333. The van der Waals surface area contributed by atoms with Crippen molar-refractivity contribution in [3.05, 3.63) is 18.0 Å². The fourth-order valence-electron chi connectivity index (χ4n) is 0.991. The molecule has 0 amide bonds. The molecule has 0 spiro atoms. The minimum atomic E-state index is 0.606. The minimum Gasteiger partial charge on any atom is -0.253 e. The van der Waals surface area contributed by atoms with Gasteiger partial charge in [0, 0.05) is 0 Å². The Bertz CT molecular complexity index is 391. The van der Waals surface area contributed by atoms with Crippen LogP contribution in [0.4, 0.5) is 0 Å². The van der Waals surface area contributed by atoms with Crippen molar-refractivity contribution in [1.29, 1.82) is 0 Å². The van der Waals surface area contributed by atoms with Crippen LogP contribution in [0.2, 0.25) is 0 Å². The van der Waals surface area contributed by atoms with E-state index in [9.17, 15) is 0 Å². The minimum absolute atomic E-state index is 0.606. The highest BCUT2D eigenvalue weighted by Crippen LogP contribution is 1.97. The molecule has 0 saturated carbocycles. The number of fused-ring (bicyclic) bond motifs is 1. The molecule has 2 aromatic heterocycles. The Morgan fingerprint density at radius 2 is 2.09 bits per heavy atom. The van der Waals surface area contributed by atoms with Crippen molar-refractivity contribution < 1.29 is 0 Å². The van der Waals surface area contributed by atoms with Crippen LogP contribution in [0.3, 0.4) is 0 Å². The standard InChI is InChI=1S/C6H7N5/c1-4-8-5(2)11-3-7-10-6(11)9-4/h3H,1-2H3. The molecule has 2 rings (SSSR count). The SMILES string of the molecule is Cc1nc(C)n2cnnc2n1. The summed E-state index contributed by atoms with van der Waals surface area (Å²) in [4.78, 5) is 8.22. The maximum atomic E-state index is 4.15. The number of hydrogen-bond acceptors (Lipinski definition) is 4. The third kappa shape index (κ3) is 0.849. The van der Waals surface area contributed by atoms with Crippen molar-refractivity contribution in [3.63, 3.8) is 0 Å². The summed E-state index contributed by atoms with van der Waals surface area (Å²) in [6, 6.07) is 0. The first kappa shape index (κ1) is 6.21. The summed E-state index contributed by atoms with van der Waals surface area (Å²) < 4.78 is 1.74. The normalized spacial score (nSPS) is 10.7. The number of aromatic nitrogens is 5. The van der Waals surface area contributed by atoms with Gasteiger partial charge in [0.15, 0.2) is 0 Å². The van der Waals surface area contributed by atoms with Crippen LogP contribution in [0, 0.1) is 13.8 Å². The average Bonchev–Trinajstić information content (AvgIpc) is 2.34. The van der Waals surface area contributed by atoms with Crippen molar-refractivity contribution in [2.45, 2.75) is 13.8 Å². The van der Waals surface area contributed by atoms with E-state index in [-0.39, 0.29) is 0 Å². The number of rotatable bonds is 0. The molecule has 2 heterocycles. The van der Waals surface area contributed by atoms with E-state index in [2.05, 4.69) is 20.2 Å². The topological polar surface area (TPSA) is 56.0 Å². The molecule has 0 saturated heterocycles. The van der Waals surface area contributed by atoms with Crippen LogP contribution >= 0.6 is 0 Å². The number of nitrogens with zero attached hydrogens (tertiary/aromatic N) is 5. The van der Waals surface area contributed by atoms with Crippen LogP contribution in [-0.4, -0.2) is 24.6 Å². The van der Waals surface area contributed by atoms with Crippen LogP contribution in [0.5, 0.6) is 0 Å². The molecule has 0 aliphatic rings. The first-order valence-corrected chi connectivity index (χ1v) is 3.28. The third-order valence-corrected chi connectivity index (χ3v) is 1.46. The lowest BCUT2D eigenvalue weighted by atomic mass is 10.6. The molecule has 56 valence electrons. The van der Waals surface area contributed by atoms with Gasteiger partial charge in [-0.3, -0.25) is 4.40 Å². The fourth-order valence-corrected chi connectivity index (χ4v) is 0.991. The van der Waals surface area contributed by atoms with Crippen molar-refractivity contribution in [1.82, 2.24) is 24.6 Å². The summed E-state index contributed by atoms with van der Waals surface area (Å²) in [5, 5.41) is 7.52. The number of aryl methyl sites for hydroxylation is 2. The summed E-state index contributed by atoms with van der Waals surface area (Å²) >= 11 is 0. The summed E-state index contributed by atoms with van der Waals surface area (Å²) in [6.07, 6.45) is 1.60. The van der Waals surface area contributed by atoms with Gasteiger partial charge in [0.2, 0.25) is 0 Å². The van der Waals surface area contributed by atoms with Crippen molar-refractivity contribution >= 4 is 5.78 Å². The van der Waals surface area contributed by atoms with E-state index in [1.165, 1.54) is 0 Å². The zero-order valence-electron chi connectivity index (χ0n) is 6.31. The molecule has 0 atom stereocenters. The van der Waals surface area contributed by atoms with Gasteiger partial charge in [0.1, 0.15) is 18.0 Å². The molecule has 11 heavy (non-hydrogen) atoms. The average molecular weight is 149 g/mol. The molecule has 0 aromatic carbocycles. The Morgan fingerprint density at radius 3 is 2.91 bits per heavy atom. The quantitative estimate of drug-likeness (QED) is 0.534. The third-order valence-electron chi connectivity index (χ3n) is 1.46. The second-order valence-electron chi connectivity index (χ2n) is 2.32. The van der Waals surface area contributed by atoms with E-state index in [0.717, 1.165) is 11.6 Å². The monoisotopic (exact) mass is 149 g/mol. The van der Waals surface area contributed by atoms with Gasteiger partial charge in [-0.1, -0.05) is 0 Å². The van der Waals surface area contributed by atoms with Crippen molar-refractivity contribution in [3.8, 4) is 0 Å². The Kier molecular flexibility index (Phi) is 1.12. The van der Waals surface area contributed by atoms with Crippen LogP contribution in [0.15, 0.2) is 6.33 Å². The summed E-state index contributed by atoms with van der Waals surface area (Å²) in [6.45, 7) is 3.73. The summed E-state index contributed by atoms with van der Waals surface area (Å²) in [5.74, 6) is 2.19. The second-order valence-corrected chi connectivity index (χ2v) is 2.32. The van der Waals surface area contributed by atoms with Crippen LogP contribution < -0.4 is 0 Å². The predicted octanol–water partition coefficient (Wildman–Crippen LogP) is 0.136. The van der Waals surface area contributed by atoms with Gasteiger partial charge in [-0.15, -0.1) is 10.2 Å². The van der Waals surface area contributed by atoms with Gasteiger partial charge in [-0.25, -0.2) is 4.98 Å². The molecule has 0 N–H and O–H groups in total. The molecule has 5 nitrogen and oxygen atoms in total. The molecule has 0 aliphatic carbocycles. The molecule has 0 bridgehead atoms. The van der Waals surface area contributed by atoms with Crippen molar-refractivity contribution in [2.75, 3.05) is 0 Å². The largest absolute Gasteiger partial charge is 0.257 e. The Morgan fingerprint density at radius 1 is 1.27 bits per heavy atom. The van der Waals surface area contributed by atoms with E-state index < -0.39 is 0 Å². The van der Waals surface area contributed by atoms with Gasteiger partial charge >= 0.3 is 0 Å². The van der Waals surface area contributed by atoms with Crippen LogP contribution in [0.1, 0.15) is 11.6 Å². The zero-order valence-corrected chi connectivity index (χ0v) is 6.31. The highest BCUT2D eigenvalue weighted by Gasteiger charge is 2.00. The van der Waals surface area contributed by atoms with Gasteiger partial charge in [0.25, 0.3) is 5.78 Å². The summed E-state index contributed by atoms with van der Waals surface area (Å²) in [7, 11) is 0. The zero-order chi connectivity index (χ0) is 7.84. The maximum absolute atomic E-state index is 4.15. The van der Waals surface area contributed by atoms with Crippen LogP contribution in [0.25, 0.3) is 5.78 Å². The first-order valence-electron chi connectivity index (χ1n) is 3.28. The predicted molar refractivity (Wildman–Crippen MR) is 38.1 cm³/mol. The Labute approximate surface area is 63.1 Å². The molecular weight excluding hydrogens is 142 g/mol. The molecule has 0 unspecified atom stereocenters. The number of hydrogen-bond donors (Lipinski definition) is 0. The van der Waals surface area contributed by atoms with Gasteiger partial charge in [-0.2, -0.15) is 4.98 Å². The molecule has 5 heteroatoms. The first-order chi connectivity index (χ1) is 5.27. The summed E-state index contributed by atoms with van der Waals surface area (Å²) in [5.41, 5.74) is 0. The van der Waals surface area contributed by atoms with Gasteiger partial charge < -0.3 is 0 Å². The van der Waals surface area contributed by atoms with E-state index in [4.69, 9.17) is 0 Å². The smallest absolute Gasteiger partial charge is 0.253 e. The Balaban J connectivity index is 2.91. The van der Waals surface area contributed by atoms with Gasteiger partial charge in [-0.05, 0) is 13.8 Å². The molecule has 0 fully saturated rings. The molecule has 0 radical (unpaired) electrons. The Hall–Kier alpha value is -1.52. The maximum Gasteiger partial charge on any atom is 0.257 e. The van der Waals surface area contributed by atoms with Gasteiger partial charge in [0.05, 0.1) is 0 Å². The second kappa shape index (κ2) is 1.98. The van der Waals surface area contributed by atoms with E-state index in [0.29, 0.717) is 5.78 Å². The molecular formula is C6H7N5.